The second-order valence-corrected chi connectivity index (χ2v) is 8.09. The Balaban J connectivity index is 1.45. The molecule has 0 radical (unpaired) electrons. The SMILES string of the molecule is Cc1cccc(CN(Cc2ccco2)C(=O)NCc2cc(F)c(N3CCOCC3)c(F)c2)c1. The molecule has 1 saturated heterocycles. The molecule has 0 aliphatic carbocycles. The Hall–Kier alpha value is -3.39. The standard InChI is InChI=1S/C25H27F2N3O3/c1-18-4-2-5-19(12-18)16-30(17-21-6-3-9-33-21)25(31)28-15-20-13-22(26)24(23(27)14-20)29-7-10-32-11-8-29/h2-6,9,12-14H,7-8,10-11,15-17H2,1H3,(H,28,31). The highest BCUT2D eigenvalue weighted by Crippen LogP contribution is 2.26. The molecule has 174 valence electrons. The van der Waals surface area contributed by atoms with Crippen LogP contribution in [0.2, 0.25) is 0 Å². The number of morpholine rings is 1. The molecule has 2 heterocycles. The number of ether oxygens (including phenoxy) is 1. The molecule has 0 bridgehead atoms. The van der Waals surface area contributed by atoms with E-state index in [0.29, 0.717) is 44.2 Å². The number of nitrogens with one attached hydrogen (secondary N) is 1. The predicted octanol–water partition coefficient (Wildman–Crippen LogP) is 4.61. The van der Waals surface area contributed by atoms with Gasteiger partial charge in [0.25, 0.3) is 0 Å². The van der Waals surface area contributed by atoms with Crippen LogP contribution in [0.4, 0.5) is 19.3 Å². The van der Waals surface area contributed by atoms with Crippen LogP contribution in [0.3, 0.4) is 0 Å². The minimum Gasteiger partial charge on any atom is -0.467 e. The van der Waals surface area contributed by atoms with Crippen molar-refractivity contribution < 1.29 is 22.7 Å². The normalized spacial score (nSPS) is 13.7. The molecule has 0 saturated carbocycles. The van der Waals surface area contributed by atoms with E-state index in [1.807, 2.05) is 31.2 Å². The van der Waals surface area contributed by atoms with Gasteiger partial charge in [0.15, 0.2) is 0 Å². The minimum atomic E-state index is -0.645. The van der Waals surface area contributed by atoms with E-state index in [4.69, 9.17) is 9.15 Å². The van der Waals surface area contributed by atoms with Crippen LogP contribution in [0.5, 0.6) is 0 Å². The van der Waals surface area contributed by atoms with Gasteiger partial charge in [-0.25, -0.2) is 13.6 Å². The van der Waals surface area contributed by atoms with Crippen molar-refractivity contribution in [1.82, 2.24) is 10.2 Å². The lowest BCUT2D eigenvalue weighted by Crippen LogP contribution is -2.39. The number of anilines is 1. The van der Waals surface area contributed by atoms with Gasteiger partial charge in [-0.3, -0.25) is 0 Å². The summed E-state index contributed by atoms with van der Waals surface area (Å²) in [5.74, 6) is -0.647. The fraction of sp³-hybridized carbons (Fsp3) is 0.320. The molecule has 1 aliphatic heterocycles. The molecule has 0 spiro atoms. The van der Waals surface area contributed by atoms with E-state index in [1.54, 1.807) is 28.2 Å². The number of furan rings is 1. The minimum absolute atomic E-state index is 0.00145. The summed E-state index contributed by atoms with van der Waals surface area (Å²) in [6.07, 6.45) is 1.56. The number of nitrogens with zero attached hydrogens (tertiary/aromatic N) is 2. The van der Waals surface area contributed by atoms with Crippen molar-refractivity contribution in [1.29, 1.82) is 0 Å². The van der Waals surface area contributed by atoms with Crippen LogP contribution < -0.4 is 10.2 Å². The first kappa shape index (κ1) is 22.8. The average Bonchev–Trinajstić information content (AvgIpc) is 3.31. The van der Waals surface area contributed by atoms with Gasteiger partial charge >= 0.3 is 6.03 Å². The van der Waals surface area contributed by atoms with E-state index >= 15 is 0 Å². The number of halogens is 2. The molecule has 0 unspecified atom stereocenters. The number of carbonyl (C=O) groups excluding carboxylic acids is 1. The van der Waals surface area contributed by atoms with E-state index in [2.05, 4.69) is 5.32 Å². The Morgan fingerprint density at radius 1 is 1.03 bits per heavy atom. The highest BCUT2D eigenvalue weighted by atomic mass is 19.1. The van der Waals surface area contributed by atoms with Gasteiger partial charge in [-0.1, -0.05) is 29.8 Å². The van der Waals surface area contributed by atoms with Crippen LogP contribution in [-0.2, 0) is 24.4 Å². The van der Waals surface area contributed by atoms with Crippen molar-refractivity contribution in [3.63, 3.8) is 0 Å². The fourth-order valence-electron chi connectivity index (χ4n) is 3.92. The summed E-state index contributed by atoms with van der Waals surface area (Å²) in [7, 11) is 0. The lowest BCUT2D eigenvalue weighted by molar-refractivity contribution is 0.122. The van der Waals surface area contributed by atoms with Crippen LogP contribution in [0, 0.1) is 18.6 Å². The lowest BCUT2D eigenvalue weighted by atomic mass is 10.1. The van der Waals surface area contributed by atoms with Crippen molar-refractivity contribution in [3.05, 3.63) is 88.9 Å². The molecule has 33 heavy (non-hydrogen) atoms. The van der Waals surface area contributed by atoms with E-state index < -0.39 is 11.6 Å². The molecule has 1 aromatic heterocycles. The van der Waals surface area contributed by atoms with Crippen molar-refractivity contribution in [2.45, 2.75) is 26.6 Å². The van der Waals surface area contributed by atoms with Crippen molar-refractivity contribution in [3.8, 4) is 0 Å². The Morgan fingerprint density at radius 2 is 1.79 bits per heavy atom. The number of benzene rings is 2. The number of hydrogen-bond donors (Lipinski definition) is 1. The van der Waals surface area contributed by atoms with E-state index in [9.17, 15) is 13.6 Å². The van der Waals surface area contributed by atoms with Gasteiger partial charge in [-0.05, 0) is 42.3 Å². The summed E-state index contributed by atoms with van der Waals surface area (Å²) in [5.41, 5.74) is 2.37. The molecule has 2 amide bonds. The second kappa shape index (κ2) is 10.5. The molecule has 0 atom stereocenters. The van der Waals surface area contributed by atoms with Crippen LogP contribution in [0.15, 0.2) is 59.2 Å². The Labute approximate surface area is 191 Å². The highest BCUT2D eigenvalue weighted by molar-refractivity contribution is 5.74. The third-order valence-electron chi connectivity index (χ3n) is 5.52. The third-order valence-corrected chi connectivity index (χ3v) is 5.52. The zero-order chi connectivity index (χ0) is 23.2. The average molecular weight is 456 g/mol. The molecular formula is C25H27F2N3O3. The molecule has 2 aromatic carbocycles. The third kappa shape index (κ3) is 5.90. The van der Waals surface area contributed by atoms with Gasteiger partial charge in [0.05, 0.1) is 26.0 Å². The topological polar surface area (TPSA) is 58.0 Å². The van der Waals surface area contributed by atoms with Gasteiger partial charge in [0.2, 0.25) is 0 Å². The number of amides is 2. The number of hydrogen-bond acceptors (Lipinski definition) is 4. The summed E-state index contributed by atoms with van der Waals surface area (Å²) in [4.78, 5) is 16.2. The van der Waals surface area contributed by atoms with E-state index in [-0.39, 0.29) is 24.8 Å². The summed E-state index contributed by atoms with van der Waals surface area (Å²) in [6.45, 7) is 4.36. The van der Waals surface area contributed by atoms with Crippen LogP contribution in [0.1, 0.15) is 22.5 Å². The number of carbonyl (C=O) groups is 1. The first-order valence-electron chi connectivity index (χ1n) is 10.9. The quantitative estimate of drug-likeness (QED) is 0.565. The van der Waals surface area contributed by atoms with Gasteiger partial charge in [0.1, 0.15) is 23.1 Å². The monoisotopic (exact) mass is 455 g/mol. The molecule has 1 aliphatic rings. The lowest BCUT2D eigenvalue weighted by Gasteiger charge is -2.29. The second-order valence-electron chi connectivity index (χ2n) is 8.09. The maximum Gasteiger partial charge on any atom is 0.318 e. The molecule has 4 rings (SSSR count). The summed E-state index contributed by atoms with van der Waals surface area (Å²) < 4.78 is 40.1. The maximum atomic E-state index is 14.7. The highest BCUT2D eigenvalue weighted by Gasteiger charge is 2.21. The Kier molecular flexibility index (Phi) is 7.24. The largest absolute Gasteiger partial charge is 0.467 e. The molecule has 1 fully saturated rings. The zero-order valence-corrected chi connectivity index (χ0v) is 18.5. The van der Waals surface area contributed by atoms with Crippen molar-refractivity contribution in [2.24, 2.45) is 0 Å². The number of urea groups is 1. The number of rotatable bonds is 7. The predicted molar refractivity (Wildman–Crippen MR) is 121 cm³/mol. The molecule has 6 nitrogen and oxygen atoms in total. The summed E-state index contributed by atoms with van der Waals surface area (Å²) >= 11 is 0. The van der Waals surface area contributed by atoms with Crippen LogP contribution in [-0.4, -0.2) is 37.2 Å². The molecule has 1 N–H and O–H groups in total. The fourth-order valence-corrected chi connectivity index (χ4v) is 3.92. The van der Waals surface area contributed by atoms with E-state index in [0.717, 1.165) is 11.1 Å². The Morgan fingerprint density at radius 3 is 2.45 bits per heavy atom. The summed E-state index contributed by atoms with van der Waals surface area (Å²) in [6, 6.07) is 13.6. The smallest absolute Gasteiger partial charge is 0.318 e. The van der Waals surface area contributed by atoms with Gasteiger partial charge in [0, 0.05) is 26.2 Å². The molecular weight excluding hydrogens is 428 g/mol. The van der Waals surface area contributed by atoms with Crippen LogP contribution >= 0.6 is 0 Å². The first-order valence-corrected chi connectivity index (χ1v) is 10.9. The Bertz CT molecular complexity index is 1060. The van der Waals surface area contributed by atoms with E-state index in [1.165, 1.54) is 12.1 Å². The number of aryl methyl sites for hydroxylation is 1. The zero-order valence-electron chi connectivity index (χ0n) is 18.5. The first-order chi connectivity index (χ1) is 16.0. The maximum absolute atomic E-state index is 14.7. The molecule has 8 heteroatoms. The summed E-state index contributed by atoms with van der Waals surface area (Å²) in [5, 5.41) is 2.78. The molecule has 3 aromatic rings. The van der Waals surface area contributed by atoms with Gasteiger partial charge in [-0.2, -0.15) is 0 Å². The van der Waals surface area contributed by atoms with Gasteiger partial charge in [-0.15, -0.1) is 0 Å². The van der Waals surface area contributed by atoms with Crippen molar-refractivity contribution in [2.75, 3.05) is 31.2 Å². The van der Waals surface area contributed by atoms with Crippen molar-refractivity contribution >= 4 is 11.7 Å². The van der Waals surface area contributed by atoms with Gasteiger partial charge < -0.3 is 24.3 Å². The van der Waals surface area contributed by atoms with Crippen LogP contribution in [0.25, 0.3) is 0 Å².